The molecule has 0 aliphatic rings. The van der Waals surface area contributed by atoms with Gasteiger partial charge >= 0.3 is 0 Å². The van der Waals surface area contributed by atoms with Gasteiger partial charge in [0.1, 0.15) is 5.75 Å². The van der Waals surface area contributed by atoms with Gasteiger partial charge in [-0.25, -0.2) is 0 Å². The van der Waals surface area contributed by atoms with Crippen LogP contribution in [0.1, 0.15) is 0 Å². The van der Waals surface area contributed by atoms with Gasteiger partial charge in [-0.15, -0.1) is 11.3 Å². The molecule has 0 atom stereocenters. The highest BCUT2D eigenvalue weighted by molar-refractivity contribution is 7.25. The maximum atomic E-state index is 10.9. The SMILES string of the molecule is Oc1cc2ccc(-c3ccc4c(c3)sc3ccccc34)cc2cc1-c1ccc(Cl)c2ccccc12. The number of fused-ring (bicyclic) bond motifs is 5. The Hall–Kier alpha value is -3.85. The molecule has 0 saturated heterocycles. The monoisotopic (exact) mass is 486 g/mol. The highest BCUT2D eigenvalue weighted by Gasteiger charge is 2.13. The molecule has 166 valence electrons. The van der Waals surface area contributed by atoms with Crippen LogP contribution >= 0.6 is 22.9 Å². The Morgan fingerprint density at radius 3 is 2.11 bits per heavy atom. The molecule has 0 aliphatic carbocycles. The zero-order valence-electron chi connectivity index (χ0n) is 18.6. The van der Waals surface area contributed by atoms with Gasteiger partial charge in [-0.3, -0.25) is 0 Å². The lowest BCUT2D eigenvalue weighted by Gasteiger charge is -2.12. The van der Waals surface area contributed by atoms with Gasteiger partial charge in [0.15, 0.2) is 0 Å². The second-order valence-corrected chi connectivity index (χ2v) is 10.4. The molecule has 35 heavy (non-hydrogen) atoms. The van der Waals surface area contributed by atoms with Crippen LogP contribution in [0.3, 0.4) is 0 Å². The van der Waals surface area contributed by atoms with Crippen molar-refractivity contribution in [3.63, 3.8) is 0 Å². The van der Waals surface area contributed by atoms with Crippen molar-refractivity contribution in [2.45, 2.75) is 0 Å². The van der Waals surface area contributed by atoms with Crippen molar-refractivity contribution >= 4 is 64.7 Å². The fourth-order valence-electron chi connectivity index (χ4n) is 5.08. The van der Waals surface area contributed by atoms with Crippen molar-refractivity contribution in [2.75, 3.05) is 0 Å². The first-order valence-electron chi connectivity index (χ1n) is 11.5. The van der Waals surface area contributed by atoms with Gasteiger partial charge in [-0.1, -0.05) is 84.4 Å². The summed E-state index contributed by atoms with van der Waals surface area (Å²) in [5.74, 6) is 0.268. The van der Waals surface area contributed by atoms with E-state index in [1.54, 1.807) is 0 Å². The van der Waals surface area contributed by atoms with Crippen molar-refractivity contribution in [3.8, 4) is 28.0 Å². The number of aromatic hydroxyl groups is 1. The minimum Gasteiger partial charge on any atom is -0.507 e. The fraction of sp³-hybridized carbons (Fsp3) is 0. The quantitative estimate of drug-likeness (QED) is 0.257. The predicted octanol–water partition coefficient (Wildman–Crippen LogP) is 10.1. The molecule has 6 aromatic carbocycles. The number of halogens is 1. The first kappa shape index (κ1) is 20.5. The van der Waals surface area contributed by atoms with Crippen LogP contribution in [0.15, 0.2) is 109 Å². The Bertz CT molecular complexity index is 1930. The first-order valence-corrected chi connectivity index (χ1v) is 12.7. The number of rotatable bonds is 2. The molecule has 0 fully saturated rings. The topological polar surface area (TPSA) is 20.2 Å². The van der Waals surface area contributed by atoms with Crippen LogP contribution in [0.5, 0.6) is 5.75 Å². The third-order valence-electron chi connectivity index (χ3n) is 6.83. The Labute approximate surface area is 211 Å². The molecule has 0 bridgehead atoms. The first-order chi connectivity index (χ1) is 17.2. The van der Waals surface area contributed by atoms with Crippen LogP contribution < -0.4 is 0 Å². The number of benzene rings is 6. The summed E-state index contributed by atoms with van der Waals surface area (Å²) in [6.07, 6.45) is 0. The van der Waals surface area contributed by atoms with E-state index in [4.69, 9.17) is 11.6 Å². The lowest BCUT2D eigenvalue weighted by Crippen LogP contribution is -1.86. The second-order valence-electron chi connectivity index (χ2n) is 8.88. The van der Waals surface area contributed by atoms with Gasteiger partial charge in [0.25, 0.3) is 0 Å². The van der Waals surface area contributed by atoms with Crippen LogP contribution in [0.25, 0.3) is 64.0 Å². The molecule has 0 saturated carbocycles. The normalized spacial score (nSPS) is 11.7. The van der Waals surface area contributed by atoms with Crippen LogP contribution in [0.2, 0.25) is 5.02 Å². The molecule has 0 aliphatic heterocycles. The van der Waals surface area contributed by atoms with Crippen molar-refractivity contribution in [2.24, 2.45) is 0 Å². The second kappa shape index (κ2) is 7.84. The van der Waals surface area contributed by atoms with E-state index in [9.17, 15) is 5.11 Å². The number of hydrogen-bond acceptors (Lipinski definition) is 2. The minimum absolute atomic E-state index is 0.268. The van der Waals surface area contributed by atoms with E-state index in [1.165, 1.54) is 25.7 Å². The largest absolute Gasteiger partial charge is 0.507 e. The van der Waals surface area contributed by atoms with Crippen molar-refractivity contribution < 1.29 is 5.11 Å². The zero-order valence-corrected chi connectivity index (χ0v) is 20.2. The minimum atomic E-state index is 0.268. The predicted molar refractivity (Wildman–Crippen MR) is 152 cm³/mol. The summed E-state index contributed by atoms with van der Waals surface area (Å²) in [5.41, 5.74) is 4.14. The number of hydrogen-bond donors (Lipinski definition) is 1. The third kappa shape index (κ3) is 3.30. The van der Waals surface area contributed by atoms with E-state index in [2.05, 4.69) is 72.8 Å². The molecule has 7 rings (SSSR count). The Kier molecular flexibility index (Phi) is 4.60. The van der Waals surface area contributed by atoms with Crippen LogP contribution in [-0.2, 0) is 0 Å². The van der Waals surface area contributed by atoms with Gasteiger partial charge in [-0.05, 0) is 69.2 Å². The fourth-order valence-corrected chi connectivity index (χ4v) is 6.46. The van der Waals surface area contributed by atoms with Gasteiger partial charge in [0.2, 0.25) is 0 Å². The Balaban J connectivity index is 1.39. The summed E-state index contributed by atoms with van der Waals surface area (Å²) in [7, 11) is 0. The van der Waals surface area contributed by atoms with Gasteiger partial charge < -0.3 is 5.11 Å². The maximum absolute atomic E-state index is 10.9. The van der Waals surface area contributed by atoms with Crippen molar-refractivity contribution in [1.82, 2.24) is 0 Å². The van der Waals surface area contributed by atoms with Crippen molar-refractivity contribution in [3.05, 3.63) is 114 Å². The summed E-state index contributed by atoms with van der Waals surface area (Å²) in [5, 5.41) is 18.4. The molecular formula is C32H19ClOS. The summed E-state index contributed by atoms with van der Waals surface area (Å²) >= 11 is 8.28. The van der Waals surface area contributed by atoms with E-state index in [1.807, 2.05) is 47.7 Å². The molecule has 0 radical (unpaired) electrons. The van der Waals surface area contributed by atoms with Gasteiger partial charge in [-0.2, -0.15) is 0 Å². The molecule has 3 heteroatoms. The molecule has 0 spiro atoms. The highest BCUT2D eigenvalue weighted by Crippen LogP contribution is 2.41. The summed E-state index contributed by atoms with van der Waals surface area (Å²) in [6.45, 7) is 0. The standard InChI is InChI=1S/C32H19ClOS/c33-29-14-13-24(23-5-1-2-6-25(23)29)28-16-22-15-19(9-10-20(22)17-30(28)34)21-11-12-27-26-7-3-4-8-31(26)35-32(27)18-21/h1-18,34H. The molecule has 0 amide bonds. The molecule has 0 unspecified atom stereocenters. The van der Waals surface area contributed by atoms with E-state index >= 15 is 0 Å². The Morgan fingerprint density at radius 1 is 0.514 bits per heavy atom. The molecule has 1 N–H and O–H groups in total. The number of phenolic OH excluding ortho intramolecular Hbond substituents is 1. The van der Waals surface area contributed by atoms with Crippen LogP contribution in [-0.4, -0.2) is 5.11 Å². The zero-order chi connectivity index (χ0) is 23.5. The lowest BCUT2D eigenvalue weighted by atomic mass is 9.94. The molecule has 7 aromatic rings. The molecule has 1 heterocycles. The Morgan fingerprint density at radius 2 is 1.23 bits per heavy atom. The number of thiophene rings is 1. The highest BCUT2D eigenvalue weighted by atomic mass is 35.5. The molecule has 1 aromatic heterocycles. The summed E-state index contributed by atoms with van der Waals surface area (Å²) < 4.78 is 2.61. The summed E-state index contributed by atoms with van der Waals surface area (Å²) in [6, 6.07) is 37.6. The summed E-state index contributed by atoms with van der Waals surface area (Å²) in [4.78, 5) is 0. The van der Waals surface area contributed by atoms with Gasteiger partial charge in [0.05, 0.1) is 0 Å². The maximum Gasteiger partial charge on any atom is 0.124 e. The van der Waals surface area contributed by atoms with E-state index in [0.29, 0.717) is 5.02 Å². The van der Waals surface area contributed by atoms with Crippen LogP contribution in [0.4, 0.5) is 0 Å². The van der Waals surface area contributed by atoms with Crippen molar-refractivity contribution in [1.29, 1.82) is 0 Å². The third-order valence-corrected chi connectivity index (χ3v) is 8.29. The number of phenols is 1. The molecular weight excluding hydrogens is 468 g/mol. The lowest BCUT2D eigenvalue weighted by molar-refractivity contribution is 0.478. The average molecular weight is 487 g/mol. The van der Waals surface area contributed by atoms with Gasteiger partial charge in [0, 0.05) is 36.1 Å². The average Bonchev–Trinajstić information content (AvgIpc) is 3.27. The van der Waals surface area contributed by atoms with E-state index < -0.39 is 0 Å². The van der Waals surface area contributed by atoms with E-state index in [-0.39, 0.29) is 5.75 Å². The molecule has 1 nitrogen and oxygen atoms in total. The van der Waals surface area contributed by atoms with E-state index in [0.717, 1.165) is 38.2 Å². The smallest absolute Gasteiger partial charge is 0.124 e. The van der Waals surface area contributed by atoms with Crippen LogP contribution in [0, 0.1) is 0 Å².